The van der Waals surface area contributed by atoms with E-state index >= 15 is 0 Å². The van der Waals surface area contributed by atoms with Gasteiger partial charge in [0.2, 0.25) is 5.91 Å². The van der Waals surface area contributed by atoms with Crippen LogP contribution in [0.25, 0.3) is 6.08 Å². The van der Waals surface area contributed by atoms with Gasteiger partial charge in [-0.1, -0.05) is 0 Å². The van der Waals surface area contributed by atoms with Crippen LogP contribution in [0.5, 0.6) is 5.75 Å². The first kappa shape index (κ1) is 17.6. The van der Waals surface area contributed by atoms with Gasteiger partial charge in [0, 0.05) is 42.8 Å². The van der Waals surface area contributed by atoms with E-state index < -0.39 is 0 Å². The van der Waals surface area contributed by atoms with Gasteiger partial charge in [0.25, 0.3) is 0 Å². The zero-order chi connectivity index (χ0) is 15.1. The molecule has 2 rings (SSSR count). The normalized spacial score (nSPS) is 10.4. The summed E-state index contributed by atoms with van der Waals surface area (Å²) in [5, 5.41) is 12.4. The van der Waals surface area contributed by atoms with Crippen LogP contribution in [0.1, 0.15) is 12.0 Å². The summed E-state index contributed by atoms with van der Waals surface area (Å²) < 4.78 is 1.95. The molecule has 0 radical (unpaired) electrons. The number of benzene rings is 1. The van der Waals surface area contributed by atoms with Crippen molar-refractivity contribution in [2.45, 2.75) is 13.0 Å². The molecule has 4 N–H and O–H groups in total. The Kier molecular flexibility index (Phi) is 6.98. The molecule has 118 valence electrons. The van der Waals surface area contributed by atoms with Crippen LogP contribution in [0, 0.1) is 0 Å². The molecule has 0 spiro atoms. The number of phenols is 1. The van der Waals surface area contributed by atoms with Crippen molar-refractivity contribution in [2.24, 2.45) is 0 Å². The van der Waals surface area contributed by atoms with Crippen molar-refractivity contribution in [3.05, 3.63) is 48.6 Å². The van der Waals surface area contributed by atoms with Crippen molar-refractivity contribution >= 4 is 30.1 Å². The minimum Gasteiger partial charge on any atom is -0.507 e. The summed E-state index contributed by atoms with van der Waals surface area (Å²) in [6.07, 6.45) is 9.08. The summed E-state index contributed by atoms with van der Waals surface area (Å²) >= 11 is 0. The summed E-state index contributed by atoms with van der Waals surface area (Å²) in [7, 11) is 0. The molecule has 0 unspecified atom stereocenters. The molecule has 0 atom stereocenters. The summed E-state index contributed by atoms with van der Waals surface area (Å²) in [6.45, 7) is 1.38. The average molecular weight is 323 g/mol. The summed E-state index contributed by atoms with van der Waals surface area (Å²) in [4.78, 5) is 15.6. The first-order valence-corrected chi connectivity index (χ1v) is 6.65. The van der Waals surface area contributed by atoms with E-state index in [0.717, 1.165) is 13.0 Å². The van der Waals surface area contributed by atoms with Gasteiger partial charge in [-0.15, -0.1) is 12.4 Å². The van der Waals surface area contributed by atoms with Crippen molar-refractivity contribution in [1.82, 2.24) is 14.9 Å². The molecule has 1 amide bonds. The molecule has 22 heavy (non-hydrogen) atoms. The number of halogens is 1. The number of amides is 1. The molecule has 0 aliphatic carbocycles. The third-order valence-electron chi connectivity index (χ3n) is 2.92. The first-order chi connectivity index (χ1) is 10.1. The largest absolute Gasteiger partial charge is 0.507 e. The number of carbonyl (C=O) groups excluding carboxylic acids is 1. The Hall–Kier alpha value is -2.47. The van der Waals surface area contributed by atoms with Crippen LogP contribution in [-0.2, 0) is 11.3 Å². The number of nitrogens with zero attached hydrogens (tertiary/aromatic N) is 2. The molecule has 7 heteroatoms. The van der Waals surface area contributed by atoms with Gasteiger partial charge in [-0.3, -0.25) is 4.79 Å². The standard InChI is InChI=1S/C15H18N4O2.ClH/c16-13-3-4-14(20)12(10-13)2-5-15(21)18-6-1-8-19-9-7-17-11-19;/h2-5,7,9-11,20H,1,6,8,16H2,(H,18,21);1H. The topological polar surface area (TPSA) is 93.2 Å². The maximum absolute atomic E-state index is 11.6. The number of nitrogens with two attached hydrogens (primary N) is 1. The fraction of sp³-hybridized carbons (Fsp3) is 0.200. The molecule has 0 fully saturated rings. The maximum atomic E-state index is 11.6. The number of carbonyl (C=O) groups is 1. The van der Waals surface area contributed by atoms with Crippen LogP contribution in [0.15, 0.2) is 43.0 Å². The average Bonchev–Trinajstić information content (AvgIpc) is 2.98. The Morgan fingerprint density at radius 2 is 2.27 bits per heavy atom. The van der Waals surface area contributed by atoms with E-state index in [1.165, 1.54) is 18.2 Å². The highest BCUT2D eigenvalue weighted by Gasteiger charge is 1.99. The number of hydrogen-bond donors (Lipinski definition) is 3. The van der Waals surface area contributed by atoms with Crippen LogP contribution in [0.3, 0.4) is 0 Å². The van der Waals surface area contributed by atoms with E-state index in [-0.39, 0.29) is 24.1 Å². The van der Waals surface area contributed by atoms with Crippen molar-refractivity contribution in [1.29, 1.82) is 0 Å². The van der Waals surface area contributed by atoms with Crippen LogP contribution >= 0.6 is 12.4 Å². The second kappa shape index (κ2) is 8.74. The molecule has 0 saturated carbocycles. The number of hydrogen-bond acceptors (Lipinski definition) is 4. The number of rotatable bonds is 6. The molecule has 1 heterocycles. The lowest BCUT2D eigenvalue weighted by atomic mass is 10.1. The second-order valence-corrected chi connectivity index (χ2v) is 4.60. The number of imidazole rings is 1. The fourth-order valence-electron chi connectivity index (χ4n) is 1.82. The van der Waals surface area contributed by atoms with E-state index in [1.54, 1.807) is 24.7 Å². The molecule has 2 aromatic rings. The van der Waals surface area contributed by atoms with Gasteiger partial charge < -0.3 is 20.7 Å². The minimum atomic E-state index is -0.206. The third kappa shape index (κ3) is 5.49. The molecular weight excluding hydrogens is 304 g/mol. The van der Waals surface area contributed by atoms with Gasteiger partial charge in [0.1, 0.15) is 5.75 Å². The van der Waals surface area contributed by atoms with Crippen molar-refractivity contribution < 1.29 is 9.90 Å². The Morgan fingerprint density at radius 1 is 1.45 bits per heavy atom. The molecule has 1 aromatic heterocycles. The molecule has 0 saturated heterocycles. The zero-order valence-electron chi connectivity index (χ0n) is 12.0. The highest BCUT2D eigenvalue weighted by atomic mass is 35.5. The molecule has 0 aliphatic rings. The number of nitrogen functional groups attached to an aromatic ring is 1. The third-order valence-corrected chi connectivity index (χ3v) is 2.92. The Bertz CT molecular complexity index is 626. The van der Waals surface area contributed by atoms with Crippen LogP contribution in [-0.4, -0.2) is 27.1 Å². The predicted octanol–water partition coefficient (Wildman–Crippen LogP) is 1.81. The Morgan fingerprint density at radius 3 is 3.00 bits per heavy atom. The quantitative estimate of drug-likeness (QED) is 0.327. The van der Waals surface area contributed by atoms with Crippen molar-refractivity contribution in [3.63, 3.8) is 0 Å². The number of aryl methyl sites for hydroxylation is 1. The SMILES string of the molecule is Cl.Nc1ccc(O)c(C=CC(=O)NCCCn2ccnc2)c1. The number of phenolic OH excluding ortho intramolecular Hbond substituents is 1. The lowest BCUT2D eigenvalue weighted by Crippen LogP contribution is -2.22. The van der Waals surface area contributed by atoms with Crippen molar-refractivity contribution in [3.8, 4) is 5.75 Å². The van der Waals surface area contributed by atoms with E-state index in [1.807, 2.05) is 10.8 Å². The Labute approximate surface area is 135 Å². The smallest absolute Gasteiger partial charge is 0.244 e. The van der Waals surface area contributed by atoms with E-state index in [2.05, 4.69) is 10.3 Å². The molecule has 0 bridgehead atoms. The molecular formula is C15H19ClN4O2. The number of anilines is 1. The van der Waals surface area contributed by atoms with Gasteiger partial charge in [-0.25, -0.2) is 4.98 Å². The van der Waals surface area contributed by atoms with E-state index in [0.29, 0.717) is 17.8 Å². The monoisotopic (exact) mass is 322 g/mol. The van der Waals surface area contributed by atoms with Gasteiger partial charge >= 0.3 is 0 Å². The molecule has 0 aliphatic heterocycles. The van der Waals surface area contributed by atoms with Crippen molar-refractivity contribution in [2.75, 3.05) is 12.3 Å². The summed E-state index contributed by atoms with van der Waals surface area (Å²) in [6, 6.07) is 4.71. The van der Waals surface area contributed by atoms with Gasteiger partial charge in [-0.2, -0.15) is 0 Å². The maximum Gasteiger partial charge on any atom is 0.244 e. The van der Waals surface area contributed by atoms with Gasteiger partial charge in [-0.05, 0) is 30.7 Å². The molecule has 1 aromatic carbocycles. The van der Waals surface area contributed by atoms with Gasteiger partial charge in [0.15, 0.2) is 0 Å². The lowest BCUT2D eigenvalue weighted by Gasteiger charge is -2.03. The molecule has 6 nitrogen and oxygen atoms in total. The predicted molar refractivity (Wildman–Crippen MR) is 88.7 cm³/mol. The van der Waals surface area contributed by atoms with Crippen LogP contribution in [0.2, 0.25) is 0 Å². The van der Waals surface area contributed by atoms with Crippen LogP contribution < -0.4 is 11.1 Å². The second-order valence-electron chi connectivity index (χ2n) is 4.60. The summed E-state index contributed by atoms with van der Waals surface area (Å²) in [5.41, 5.74) is 6.68. The highest BCUT2D eigenvalue weighted by molar-refractivity contribution is 5.92. The first-order valence-electron chi connectivity index (χ1n) is 6.65. The van der Waals surface area contributed by atoms with E-state index in [9.17, 15) is 9.90 Å². The highest BCUT2D eigenvalue weighted by Crippen LogP contribution is 2.20. The number of aromatic hydroxyl groups is 1. The van der Waals surface area contributed by atoms with Gasteiger partial charge in [0.05, 0.1) is 6.33 Å². The zero-order valence-corrected chi connectivity index (χ0v) is 12.8. The summed E-state index contributed by atoms with van der Waals surface area (Å²) in [5.74, 6) is -0.115. The van der Waals surface area contributed by atoms with E-state index in [4.69, 9.17) is 5.73 Å². The lowest BCUT2D eigenvalue weighted by molar-refractivity contribution is -0.116. The Balaban J connectivity index is 0.00000242. The van der Waals surface area contributed by atoms with Crippen LogP contribution in [0.4, 0.5) is 5.69 Å². The minimum absolute atomic E-state index is 0. The number of aromatic nitrogens is 2. The number of nitrogens with one attached hydrogen (secondary N) is 1. The fourth-order valence-corrected chi connectivity index (χ4v) is 1.82.